The molecule has 0 saturated heterocycles. The smallest absolute Gasteiger partial charge is 0.137 e. The maximum atomic E-state index is 6.08. The zero-order chi connectivity index (χ0) is 15.9. The molecular formula is C17H30ClN3. The Hall–Kier alpha value is -0.830. The molecule has 3 nitrogen and oxygen atoms in total. The van der Waals surface area contributed by atoms with Crippen molar-refractivity contribution >= 4 is 17.4 Å². The Morgan fingerprint density at radius 2 is 1.76 bits per heavy atom. The lowest BCUT2D eigenvalue weighted by atomic mass is 9.96. The van der Waals surface area contributed by atoms with Gasteiger partial charge in [0.05, 0.1) is 0 Å². The van der Waals surface area contributed by atoms with Crippen molar-refractivity contribution in [2.75, 3.05) is 11.9 Å². The van der Waals surface area contributed by atoms with E-state index in [1.807, 2.05) is 0 Å². The molecule has 1 aromatic heterocycles. The Labute approximate surface area is 134 Å². The molecule has 0 saturated carbocycles. The van der Waals surface area contributed by atoms with Crippen molar-refractivity contribution in [1.29, 1.82) is 0 Å². The number of rotatable bonds is 8. The Morgan fingerprint density at radius 1 is 1.10 bits per heavy atom. The molecule has 4 heteroatoms. The zero-order valence-electron chi connectivity index (χ0n) is 14.2. The minimum Gasteiger partial charge on any atom is -0.370 e. The van der Waals surface area contributed by atoms with Crippen LogP contribution in [0.25, 0.3) is 0 Å². The van der Waals surface area contributed by atoms with E-state index in [1.54, 1.807) is 6.07 Å². The fourth-order valence-corrected chi connectivity index (χ4v) is 2.27. The molecule has 1 aromatic rings. The van der Waals surface area contributed by atoms with Crippen LogP contribution >= 0.6 is 11.6 Å². The van der Waals surface area contributed by atoms with E-state index in [4.69, 9.17) is 11.6 Å². The minimum absolute atomic E-state index is 0.0851. The van der Waals surface area contributed by atoms with Crippen LogP contribution in [-0.2, 0) is 5.41 Å². The molecule has 0 aliphatic heterocycles. The number of halogens is 1. The van der Waals surface area contributed by atoms with E-state index < -0.39 is 0 Å². The first-order valence-electron chi connectivity index (χ1n) is 8.08. The van der Waals surface area contributed by atoms with Crippen LogP contribution in [0.4, 0.5) is 5.82 Å². The van der Waals surface area contributed by atoms with E-state index >= 15 is 0 Å². The average molecular weight is 312 g/mol. The molecule has 1 heterocycles. The van der Waals surface area contributed by atoms with Crippen molar-refractivity contribution in [2.24, 2.45) is 5.92 Å². The molecule has 0 radical (unpaired) electrons. The molecule has 0 amide bonds. The third kappa shape index (κ3) is 7.66. The number of nitrogens with one attached hydrogen (secondary N) is 1. The van der Waals surface area contributed by atoms with E-state index in [-0.39, 0.29) is 5.41 Å². The molecule has 0 aliphatic rings. The van der Waals surface area contributed by atoms with Gasteiger partial charge in [0.15, 0.2) is 0 Å². The van der Waals surface area contributed by atoms with Gasteiger partial charge < -0.3 is 5.32 Å². The molecule has 0 aromatic carbocycles. The molecular weight excluding hydrogens is 282 g/mol. The van der Waals surface area contributed by atoms with Gasteiger partial charge >= 0.3 is 0 Å². The van der Waals surface area contributed by atoms with Gasteiger partial charge in [0.2, 0.25) is 0 Å². The van der Waals surface area contributed by atoms with Gasteiger partial charge in [-0.2, -0.15) is 0 Å². The maximum absolute atomic E-state index is 6.08. The van der Waals surface area contributed by atoms with Crippen molar-refractivity contribution in [1.82, 2.24) is 9.97 Å². The van der Waals surface area contributed by atoms with Gasteiger partial charge in [-0.3, -0.25) is 0 Å². The Balaban J connectivity index is 2.34. The number of aromatic nitrogens is 2. The van der Waals surface area contributed by atoms with Gasteiger partial charge in [0, 0.05) is 18.0 Å². The maximum Gasteiger partial charge on any atom is 0.137 e. The zero-order valence-corrected chi connectivity index (χ0v) is 14.9. The van der Waals surface area contributed by atoms with Crippen LogP contribution in [0.15, 0.2) is 6.07 Å². The number of hydrogen-bond acceptors (Lipinski definition) is 3. The van der Waals surface area contributed by atoms with Crippen molar-refractivity contribution < 1.29 is 0 Å². The lowest BCUT2D eigenvalue weighted by Crippen LogP contribution is -2.17. The van der Waals surface area contributed by atoms with E-state index in [0.717, 1.165) is 24.1 Å². The summed E-state index contributed by atoms with van der Waals surface area (Å²) < 4.78 is 0. The molecule has 1 N–H and O–H groups in total. The van der Waals surface area contributed by atoms with Gasteiger partial charge in [0.25, 0.3) is 0 Å². The first kappa shape index (κ1) is 18.2. The molecule has 0 aliphatic carbocycles. The topological polar surface area (TPSA) is 37.8 Å². The molecule has 0 spiro atoms. The van der Waals surface area contributed by atoms with Crippen molar-refractivity contribution in [3.8, 4) is 0 Å². The Bertz CT molecular complexity index is 425. The summed E-state index contributed by atoms with van der Waals surface area (Å²) >= 11 is 6.08. The summed E-state index contributed by atoms with van der Waals surface area (Å²) in [5.41, 5.74) is -0.0851. The third-order valence-corrected chi connectivity index (χ3v) is 3.57. The van der Waals surface area contributed by atoms with Crippen molar-refractivity contribution in [2.45, 2.75) is 72.1 Å². The van der Waals surface area contributed by atoms with Gasteiger partial charge in [-0.05, 0) is 12.3 Å². The highest BCUT2D eigenvalue weighted by Crippen LogP contribution is 2.22. The summed E-state index contributed by atoms with van der Waals surface area (Å²) in [5, 5.41) is 3.87. The molecule has 21 heavy (non-hydrogen) atoms. The number of unbranched alkanes of at least 4 members (excludes halogenated alkanes) is 3. The van der Waals surface area contributed by atoms with E-state index in [1.165, 1.54) is 32.1 Å². The summed E-state index contributed by atoms with van der Waals surface area (Å²) in [6.07, 6.45) is 6.43. The summed E-state index contributed by atoms with van der Waals surface area (Å²) in [7, 11) is 0. The Kier molecular flexibility index (Phi) is 7.44. The molecule has 0 fully saturated rings. The third-order valence-electron chi connectivity index (χ3n) is 3.38. The van der Waals surface area contributed by atoms with Crippen molar-refractivity contribution in [3.05, 3.63) is 17.0 Å². The van der Waals surface area contributed by atoms with Crippen LogP contribution in [0.5, 0.6) is 0 Å². The molecule has 0 atom stereocenters. The second kappa shape index (κ2) is 8.57. The first-order chi connectivity index (χ1) is 9.79. The lowest BCUT2D eigenvalue weighted by molar-refractivity contribution is 0.522. The van der Waals surface area contributed by atoms with E-state index in [0.29, 0.717) is 5.15 Å². The lowest BCUT2D eigenvalue weighted by Gasteiger charge is -2.17. The standard InChI is InChI=1S/C17H30ClN3/c1-13(2)10-8-6-7-9-11-19-15-12-14(18)20-16(21-15)17(3,4)5/h12-13H,6-11H2,1-5H3,(H,19,20,21). The number of nitrogens with zero attached hydrogens (tertiary/aromatic N) is 2. The summed E-state index contributed by atoms with van der Waals surface area (Å²) in [6, 6.07) is 1.80. The molecule has 0 unspecified atom stereocenters. The van der Waals surface area contributed by atoms with Crippen LogP contribution in [0.1, 0.15) is 72.5 Å². The highest BCUT2D eigenvalue weighted by atomic mass is 35.5. The monoisotopic (exact) mass is 311 g/mol. The fraction of sp³-hybridized carbons (Fsp3) is 0.765. The van der Waals surface area contributed by atoms with Crippen LogP contribution < -0.4 is 5.32 Å². The number of anilines is 1. The molecule has 120 valence electrons. The second-order valence-corrected chi connectivity index (χ2v) is 7.56. The van der Waals surface area contributed by atoms with Gasteiger partial charge in [-0.1, -0.05) is 71.9 Å². The molecule has 0 bridgehead atoms. The highest BCUT2D eigenvalue weighted by molar-refractivity contribution is 6.29. The average Bonchev–Trinajstić information content (AvgIpc) is 2.35. The minimum atomic E-state index is -0.0851. The fourth-order valence-electron chi connectivity index (χ4n) is 2.09. The summed E-state index contributed by atoms with van der Waals surface area (Å²) in [6.45, 7) is 11.8. The Morgan fingerprint density at radius 3 is 2.38 bits per heavy atom. The molecule has 1 rings (SSSR count). The van der Waals surface area contributed by atoms with Gasteiger partial charge in [-0.25, -0.2) is 9.97 Å². The van der Waals surface area contributed by atoms with Gasteiger partial charge in [-0.15, -0.1) is 0 Å². The number of hydrogen-bond donors (Lipinski definition) is 1. The largest absolute Gasteiger partial charge is 0.370 e. The van der Waals surface area contributed by atoms with E-state index in [2.05, 4.69) is 49.9 Å². The second-order valence-electron chi connectivity index (χ2n) is 7.17. The summed E-state index contributed by atoms with van der Waals surface area (Å²) in [4.78, 5) is 8.86. The highest BCUT2D eigenvalue weighted by Gasteiger charge is 2.18. The van der Waals surface area contributed by atoms with E-state index in [9.17, 15) is 0 Å². The van der Waals surface area contributed by atoms with Crippen LogP contribution in [0.2, 0.25) is 5.15 Å². The predicted octanol–water partition coefficient (Wildman–Crippen LogP) is 5.45. The summed E-state index contributed by atoms with van der Waals surface area (Å²) in [5.74, 6) is 2.44. The SMILES string of the molecule is CC(C)CCCCCCNc1cc(Cl)nc(C(C)(C)C)n1. The van der Waals surface area contributed by atoms with Gasteiger partial charge in [0.1, 0.15) is 16.8 Å². The van der Waals surface area contributed by atoms with Crippen LogP contribution in [0.3, 0.4) is 0 Å². The normalized spacial score (nSPS) is 12.0. The van der Waals surface area contributed by atoms with Crippen molar-refractivity contribution in [3.63, 3.8) is 0 Å². The quantitative estimate of drug-likeness (QED) is 0.512. The van der Waals surface area contributed by atoms with Crippen LogP contribution in [0, 0.1) is 5.92 Å². The predicted molar refractivity (Wildman–Crippen MR) is 92.2 cm³/mol. The van der Waals surface area contributed by atoms with Crippen LogP contribution in [-0.4, -0.2) is 16.5 Å². The first-order valence-corrected chi connectivity index (χ1v) is 8.46.